The SMILES string of the molecule is CCOc1cc(/C=N\NC(=O)Nc2ccc(Cl)cc2)c(Br)cc1OCc1ccc(Cl)cc1. The first-order valence-electron chi connectivity index (χ1n) is 9.64. The Bertz CT molecular complexity index is 1090. The summed E-state index contributed by atoms with van der Waals surface area (Å²) in [5, 5.41) is 7.92. The van der Waals surface area contributed by atoms with E-state index in [0.29, 0.717) is 46.0 Å². The van der Waals surface area contributed by atoms with Crippen LogP contribution in [0, 0.1) is 0 Å². The molecule has 2 amide bonds. The fraction of sp³-hybridized carbons (Fsp3) is 0.130. The normalized spacial score (nSPS) is 10.8. The molecule has 3 aromatic rings. The Morgan fingerprint density at radius 1 is 1.00 bits per heavy atom. The molecule has 0 aliphatic heterocycles. The quantitative estimate of drug-likeness (QED) is 0.243. The standard InChI is InChI=1S/C23H20BrCl2N3O3/c1-2-31-21-11-16(13-27-29-23(30)28-19-9-7-18(26)8-10-19)20(24)12-22(21)32-14-15-3-5-17(25)6-4-15/h3-13H,2,14H2,1H3,(H2,28,29,30)/b27-13-. The van der Waals surface area contributed by atoms with E-state index in [9.17, 15) is 4.79 Å². The molecule has 0 bridgehead atoms. The van der Waals surface area contributed by atoms with Gasteiger partial charge in [0.05, 0.1) is 12.8 Å². The molecule has 0 heterocycles. The van der Waals surface area contributed by atoms with E-state index >= 15 is 0 Å². The molecule has 0 spiro atoms. The van der Waals surface area contributed by atoms with Gasteiger partial charge in [0.25, 0.3) is 0 Å². The number of urea groups is 1. The summed E-state index contributed by atoms with van der Waals surface area (Å²) in [6, 6.07) is 17.3. The first-order chi connectivity index (χ1) is 15.4. The predicted molar refractivity (Wildman–Crippen MR) is 132 cm³/mol. The molecule has 9 heteroatoms. The van der Waals surface area contributed by atoms with Crippen LogP contribution < -0.4 is 20.2 Å². The number of hydrogen-bond acceptors (Lipinski definition) is 4. The molecule has 0 fully saturated rings. The maximum atomic E-state index is 12.0. The summed E-state index contributed by atoms with van der Waals surface area (Å²) < 4.78 is 12.4. The van der Waals surface area contributed by atoms with Crippen molar-refractivity contribution in [2.75, 3.05) is 11.9 Å². The fourth-order valence-electron chi connectivity index (χ4n) is 2.63. The van der Waals surface area contributed by atoms with E-state index < -0.39 is 6.03 Å². The first-order valence-corrected chi connectivity index (χ1v) is 11.2. The number of hydrazone groups is 1. The van der Waals surface area contributed by atoms with E-state index in [1.165, 1.54) is 6.21 Å². The van der Waals surface area contributed by atoms with Crippen LogP contribution in [0.2, 0.25) is 10.0 Å². The van der Waals surface area contributed by atoms with E-state index in [1.54, 1.807) is 36.4 Å². The van der Waals surface area contributed by atoms with E-state index in [4.69, 9.17) is 32.7 Å². The van der Waals surface area contributed by atoms with Gasteiger partial charge in [-0.3, -0.25) is 0 Å². The highest BCUT2D eigenvalue weighted by Crippen LogP contribution is 2.34. The maximum Gasteiger partial charge on any atom is 0.339 e. The molecule has 0 saturated heterocycles. The predicted octanol–water partition coefficient (Wildman–Crippen LogP) is 6.89. The van der Waals surface area contributed by atoms with Gasteiger partial charge in [-0.05, 0) is 76.9 Å². The average molecular weight is 537 g/mol. The zero-order valence-electron chi connectivity index (χ0n) is 17.1. The minimum Gasteiger partial charge on any atom is -0.490 e. The Hall–Kier alpha value is -2.74. The van der Waals surface area contributed by atoms with Crippen LogP contribution in [0.1, 0.15) is 18.1 Å². The minimum atomic E-state index is -0.479. The number of rotatable bonds is 8. The topological polar surface area (TPSA) is 72.0 Å². The van der Waals surface area contributed by atoms with Gasteiger partial charge in [-0.2, -0.15) is 5.10 Å². The summed E-state index contributed by atoms with van der Waals surface area (Å²) in [5.74, 6) is 1.15. The first kappa shape index (κ1) is 23.9. The Balaban J connectivity index is 1.65. The third kappa shape index (κ3) is 7.15. The van der Waals surface area contributed by atoms with Gasteiger partial charge in [0.1, 0.15) is 6.61 Å². The van der Waals surface area contributed by atoms with Crippen molar-refractivity contribution in [2.45, 2.75) is 13.5 Å². The van der Waals surface area contributed by atoms with Crippen LogP contribution in [0.5, 0.6) is 11.5 Å². The summed E-state index contributed by atoms with van der Waals surface area (Å²) >= 11 is 15.3. The average Bonchev–Trinajstić information content (AvgIpc) is 2.77. The lowest BCUT2D eigenvalue weighted by molar-refractivity contribution is 0.252. The van der Waals surface area contributed by atoms with Gasteiger partial charge in [-0.25, -0.2) is 10.2 Å². The summed E-state index contributed by atoms with van der Waals surface area (Å²) in [4.78, 5) is 12.0. The zero-order valence-corrected chi connectivity index (χ0v) is 20.2. The summed E-state index contributed by atoms with van der Waals surface area (Å²) in [6.45, 7) is 2.72. The molecule has 0 saturated carbocycles. The highest BCUT2D eigenvalue weighted by atomic mass is 79.9. The molecular formula is C23H20BrCl2N3O3. The Morgan fingerprint density at radius 3 is 2.28 bits per heavy atom. The second-order valence-electron chi connectivity index (χ2n) is 6.50. The van der Waals surface area contributed by atoms with Gasteiger partial charge in [0, 0.05) is 25.8 Å². The van der Waals surface area contributed by atoms with Crippen LogP contribution >= 0.6 is 39.1 Å². The zero-order chi connectivity index (χ0) is 22.9. The van der Waals surface area contributed by atoms with Gasteiger partial charge < -0.3 is 14.8 Å². The molecule has 2 N–H and O–H groups in total. The smallest absolute Gasteiger partial charge is 0.339 e. The van der Waals surface area contributed by atoms with Gasteiger partial charge in [0.15, 0.2) is 11.5 Å². The number of amides is 2. The lowest BCUT2D eigenvalue weighted by atomic mass is 10.2. The maximum absolute atomic E-state index is 12.0. The molecule has 0 aliphatic carbocycles. The van der Waals surface area contributed by atoms with E-state index in [2.05, 4.69) is 31.8 Å². The van der Waals surface area contributed by atoms with Crippen molar-refractivity contribution in [2.24, 2.45) is 5.10 Å². The lowest BCUT2D eigenvalue weighted by Gasteiger charge is -2.14. The summed E-state index contributed by atoms with van der Waals surface area (Å²) in [5.41, 5.74) is 4.71. The molecule has 32 heavy (non-hydrogen) atoms. The molecule has 3 rings (SSSR count). The number of anilines is 1. The van der Waals surface area contributed by atoms with Crippen LogP contribution in [0.25, 0.3) is 0 Å². The van der Waals surface area contributed by atoms with Gasteiger partial charge in [0.2, 0.25) is 0 Å². The van der Waals surface area contributed by atoms with E-state index in [0.717, 1.165) is 10.0 Å². The second-order valence-corrected chi connectivity index (χ2v) is 8.23. The fourth-order valence-corrected chi connectivity index (χ4v) is 3.30. The van der Waals surface area contributed by atoms with Crippen molar-refractivity contribution < 1.29 is 14.3 Å². The van der Waals surface area contributed by atoms with E-state index in [1.807, 2.05) is 31.2 Å². The monoisotopic (exact) mass is 535 g/mol. The van der Waals surface area contributed by atoms with Crippen LogP contribution in [0.15, 0.2) is 70.2 Å². The molecule has 0 atom stereocenters. The molecule has 0 aliphatic rings. The van der Waals surface area contributed by atoms with Crippen molar-refractivity contribution in [3.63, 3.8) is 0 Å². The Labute approximate surface area is 204 Å². The molecule has 0 radical (unpaired) electrons. The number of nitrogens with zero attached hydrogens (tertiary/aromatic N) is 1. The molecule has 6 nitrogen and oxygen atoms in total. The van der Waals surface area contributed by atoms with Crippen molar-refractivity contribution in [3.8, 4) is 11.5 Å². The number of nitrogens with one attached hydrogen (secondary N) is 2. The molecule has 166 valence electrons. The van der Waals surface area contributed by atoms with Crippen molar-refractivity contribution in [1.82, 2.24) is 5.43 Å². The highest BCUT2D eigenvalue weighted by molar-refractivity contribution is 9.10. The van der Waals surface area contributed by atoms with Crippen molar-refractivity contribution >= 4 is 57.1 Å². The number of carbonyl (C=O) groups is 1. The largest absolute Gasteiger partial charge is 0.490 e. The molecule has 0 aromatic heterocycles. The molecule has 0 unspecified atom stereocenters. The number of ether oxygens (including phenoxy) is 2. The van der Waals surface area contributed by atoms with Crippen molar-refractivity contribution in [1.29, 1.82) is 0 Å². The molecule has 3 aromatic carbocycles. The van der Waals surface area contributed by atoms with Gasteiger partial charge in [-0.15, -0.1) is 0 Å². The number of benzene rings is 3. The van der Waals surface area contributed by atoms with Crippen LogP contribution in [0.3, 0.4) is 0 Å². The second kappa shape index (κ2) is 11.8. The van der Waals surface area contributed by atoms with Crippen LogP contribution in [0.4, 0.5) is 10.5 Å². The van der Waals surface area contributed by atoms with Crippen LogP contribution in [-0.4, -0.2) is 18.9 Å². The number of carbonyl (C=O) groups excluding carboxylic acids is 1. The Morgan fingerprint density at radius 2 is 1.62 bits per heavy atom. The van der Waals surface area contributed by atoms with Crippen LogP contribution in [-0.2, 0) is 6.61 Å². The van der Waals surface area contributed by atoms with Gasteiger partial charge in [-0.1, -0.05) is 35.3 Å². The third-order valence-corrected chi connectivity index (χ3v) is 5.33. The number of hydrogen-bond donors (Lipinski definition) is 2. The highest BCUT2D eigenvalue weighted by Gasteiger charge is 2.11. The lowest BCUT2D eigenvalue weighted by Crippen LogP contribution is -2.24. The molecular weight excluding hydrogens is 517 g/mol. The van der Waals surface area contributed by atoms with E-state index in [-0.39, 0.29) is 0 Å². The summed E-state index contributed by atoms with van der Waals surface area (Å²) in [6.07, 6.45) is 1.51. The number of halogens is 3. The van der Waals surface area contributed by atoms with Crippen molar-refractivity contribution in [3.05, 3.63) is 86.3 Å². The Kier molecular flexibility index (Phi) is 8.79. The third-order valence-electron chi connectivity index (χ3n) is 4.14. The summed E-state index contributed by atoms with van der Waals surface area (Å²) in [7, 11) is 0. The minimum absolute atomic E-state index is 0.365. The van der Waals surface area contributed by atoms with Gasteiger partial charge >= 0.3 is 6.03 Å².